The number of hydrogen-bond acceptors (Lipinski definition) is 3. The van der Waals surface area contributed by atoms with Crippen molar-refractivity contribution in [1.29, 1.82) is 0 Å². The molecule has 82 valence electrons. The summed E-state index contributed by atoms with van der Waals surface area (Å²) < 4.78 is 6.02. The molecule has 4 heteroatoms. The van der Waals surface area contributed by atoms with Crippen molar-refractivity contribution in [3.63, 3.8) is 0 Å². The van der Waals surface area contributed by atoms with Gasteiger partial charge in [-0.25, -0.2) is 0 Å². The molecule has 3 rings (SSSR count). The van der Waals surface area contributed by atoms with Crippen molar-refractivity contribution in [2.24, 2.45) is 0 Å². The summed E-state index contributed by atoms with van der Waals surface area (Å²) >= 11 is 3.53. The Kier molecular flexibility index (Phi) is 2.24. The van der Waals surface area contributed by atoms with Gasteiger partial charge in [0.2, 0.25) is 5.88 Å². The van der Waals surface area contributed by atoms with Gasteiger partial charge in [0.15, 0.2) is 0 Å². The van der Waals surface area contributed by atoms with Gasteiger partial charge in [-0.05, 0) is 48.1 Å². The van der Waals surface area contributed by atoms with E-state index in [1.165, 1.54) is 17.5 Å². The molecule has 1 aromatic carbocycles. The number of anilines is 1. The average Bonchev–Trinajstić information content (AvgIpc) is 2.84. The fourth-order valence-electron chi connectivity index (χ4n) is 2.36. The van der Waals surface area contributed by atoms with Crippen molar-refractivity contribution in [2.45, 2.75) is 19.3 Å². The van der Waals surface area contributed by atoms with Crippen LogP contribution in [0.1, 0.15) is 17.5 Å². The first-order chi connectivity index (χ1) is 7.75. The van der Waals surface area contributed by atoms with Gasteiger partial charge < -0.3 is 10.3 Å². The average molecular weight is 279 g/mol. The number of fused-ring (bicyclic) bond motifs is 1. The van der Waals surface area contributed by atoms with Gasteiger partial charge in [-0.3, -0.25) is 0 Å². The molecule has 0 fully saturated rings. The molecular weight excluding hydrogens is 268 g/mol. The van der Waals surface area contributed by atoms with Crippen molar-refractivity contribution in [3.8, 4) is 11.1 Å². The maximum absolute atomic E-state index is 5.77. The zero-order chi connectivity index (χ0) is 11.1. The van der Waals surface area contributed by atoms with Crippen LogP contribution in [-0.4, -0.2) is 5.16 Å². The highest BCUT2D eigenvalue weighted by Gasteiger charge is 2.19. The molecule has 0 bridgehead atoms. The first kappa shape index (κ1) is 9.90. The van der Waals surface area contributed by atoms with Gasteiger partial charge in [-0.2, -0.15) is 0 Å². The number of nitrogens with two attached hydrogens (primary N) is 1. The number of aryl methyl sites for hydroxylation is 1. The van der Waals surface area contributed by atoms with Crippen LogP contribution >= 0.6 is 15.9 Å². The molecule has 0 aliphatic heterocycles. The summed E-state index contributed by atoms with van der Waals surface area (Å²) in [6.07, 6.45) is 5.16. The molecule has 1 aliphatic carbocycles. The highest BCUT2D eigenvalue weighted by atomic mass is 79.9. The SMILES string of the molecule is Nc1oncc1-c1cc(Br)cc2c1CCC2. The number of benzene rings is 1. The van der Waals surface area contributed by atoms with Crippen LogP contribution < -0.4 is 5.73 Å². The Morgan fingerprint density at radius 2 is 2.12 bits per heavy atom. The van der Waals surface area contributed by atoms with E-state index < -0.39 is 0 Å². The Balaban J connectivity index is 2.25. The first-order valence-corrected chi connectivity index (χ1v) is 6.07. The Hall–Kier alpha value is -1.29. The third-order valence-electron chi connectivity index (χ3n) is 3.07. The van der Waals surface area contributed by atoms with E-state index in [1.807, 2.05) is 0 Å². The summed E-state index contributed by atoms with van der Waals surface area (Å²) in [6, 6.07) is 4.28. The molecule has 0 saturated heterocycles. The summed E-state index contributed by atoms with van der Waals surface area (Å²) in [5.41, 5.74) is 10.6. The van der Waals surface area contributed by atoms with Crippen LogP contribution in [0.5, 0.6) is 0 Å². The minimum atomic E-state index is 0.396. The van der Waals surface area contributed by atoms with Gasteiger partial charge in [0.05, 0.1) is 11.8 Å². The van der Waals surface area contributed by atoms with Crippen LogP contribution in [0.25, 0.3) is 11.1 Å². The molecule has 2 aromatic rings. The van der Waals surface area contributed by atoms with Gasteiger partial charge in [0.25, 0.3) is 0 Å². The summed E-state index contributed by atoms with van der Waals surface area (Å²) in [6.45, 7) is 0. The van der Waals surface area contributed by atoms with E-state index in [1.54, 1.807) is 6.20 Å². The number of nitrogen functional groups attached to an aromatic ring is 1. The summed E-state index contributed by atoms with van der Waals surface area (Å²) in [5, 5.41) is 3.74. The lowest BCUT2D eigenvalue weighted by atomic mass is 9.99. The molecule has 1 heterocycles. The highest BCUT2D eigenvalue weighted by molar-refractivity contribution is 9.10. The van der Waals surface area contributed by atoms with E-state index in [0.29, 0.717) is 5.88 Å². The second kappa shape index (κ2) is 3.63. The van der Waals surface area contributed by atoms with Crippen molar-refractivity contribution in [2.75, 3.05) is 5.73 Å². The molecule has 0 unspecified atom stereocenters. The van der Waals surface area contributed by atoms with Crippen LogP contribution in [0.2, 0.25) is 0 Å². The van der Waals surface area contributed by atoms with E-state index in [2.05, 4.69) is 33.2 Å². The molecule has 1 aromatic heterocycles. The Bertz CT molecular complexity index is 548. The standard InChI is InChI=1S/C12H11BrN2O/c13-8-4-7-2-1-3-9(7)10(5-8)11-6-15-16-12(11)14/h4-6H,1-3,14H2. The molecule has 3 nitrogen and oxygen atoms in total. The van der Waals surface area contributed by atoms with E-state index >= 15 is 0 Å². The maximum atomic E-state index is 5.77. The molecule has 0 saturated carbocycles. The van der Waals surface area contributed by atoms with Crippen molar-refractivity contribution < 1.29 is 4.52 Å². The zero-order valence-electron chi connectivity index (χ0n) is 8.66. The Morgan fingerprint density at radius 1 is 1.25 bits per heavy atom. The number of hydrogen-bond donors (Lipinski definition) is 1. The summed E-state index contributed by atoms with van der Waals surface area (Å²) in [4.78, 5) is 0. The van der Waals surface area contributed by atoms with Crippen LogP contribution in [0.15, 0.2) is 27.3 Å². The fourth-order valence-corrected chi connectivity index (χ4v) is 2.86. The number of rotatable bonds is 1. The van der Waals surface area contributed by atoms with E-state index in [-0.39, 0.29) is 0 Å². The molecule has 0 atom stereocenters. The minimum Gasteiger partial charge on any atom is -0.367 e. The smallest absolute Gasteiger partial charge is 0.229 e. The van der Waals surface area contributed by atoms with E-state index in [0.717, 1.165) is 28.4 Å². The van der Waals surface area contributed by atoms with Crippen LogP contribution in [-0.2, 0) is 12.8 Å². The molecule has 0 amide bonds. The lowest BCUT2D eigenvalue weighted by Crippen LogP contribution is -1.91. The molecule has 1 aliphatic rings. The largest absolute Gasteiger partial charge is 0.367 e. The van der Waals surface area contributed by atoms with Gasteiger partial charge in [0, 0.05) is 4.47 Å². The lowest BCUT2D eigenvalue weighted by Gasteiger charge is -2.07. The van der Waals surface area contributed by atoms with Crippen LogP contribution in [0.4, 0.5) is 5.88 Å². The normalized spacial score (nSPS) is 14.1. The number of nitrogens with zero attached hydrogens (tertiary/aromatic N) is 1. The van der Waals surface area contributed by atoms with Crippen LogP contribution in [0, 0.1) is 0 Å². The first-order valence-electron chi connectivity index (χ1n) is 5.27. The quantitative estimate of drug-likeness (QED) is 0.872. The van der Waals surface area contributed by atoms with E-state index in [4.69, 9.17) is 10.3 Å². The number of halogens is 1. The molecule has 0 radical (unpaired) electrons. The topological polar surface area (TPSA) is 52.0 Å². The predicted molar refractivity (Wildman–Crippen MR) is 66.1 cm³/mol. The fraction of sp³-hybridized carbons (Fsp3) is 0.250. The van der Waals surface area contributed by atoms with Gasteiger partial charge in [-0.1, -0.05) is 21.1 Å². The molecule has 0 spiro atoms. The minimum absolute atomic E-state index is 0.396. The van der Waals surface area contributed by atoms with Gasteiger partial charge in [0.1, 0.15) is 0 Å². The maximum Gasteiger partial charge on any atom is 0.229 e. The van der Waals surface area contributed by atoms with Crippen LogP contribution in [0.3, 0.4) is 0 Å². The summed E-state index contributed by atoms with van der Waals surface area (Å²) in [7, 11) is 0. The second-order valence-electron chi connectivity index (χ2n) is 4.05. The number of aromatic nitrogens is 1. The molecular formula is C12H11BrN2O. The molecule has 16 heavy (non-hydrogen) atoms. The Morgan fingerprint density at radius 3 is 2.88 bits per heavy atom. The Labute approximate surface area is 102 Å². The predicted octanol–water partition coefficient (Wildman–Crippen LogP) is 3.18. The third-order valence-corrected chi connectivity index (χ3v) is 3.53. The van der Waals surface area contributed by atoms with Crippen molar-refractivity contribution >= 4 is 21.8 Å². The zero-order valence-corrected chi connectivity index (χ0v) is 10.3. The van der Waals surface area contributed by atoms with Crippen molar-refractivity contribution in [3.05, 3.63) is 33.9 Å². The second-order valence-corrected chi connectivity index (χ2v) is 4.96. The monoisotopic (exact) mass is 278 g/mol. The van der Waals surface area contributed by atoms with Gasteiger partial charge >= 0.3 is 0 Å². The lowest BCUT2D eigenvalue weighted by molar-refractivity contribution is 0.436. The third kappa shape index (κ3) is 1.45. The highest BCUT2D eigenvalue weighted by Crippen LogP contribution is 2.37. The van der Waals surface area contributed by atoms with Crippen molar-refractivity contribution in [1.82, 2.24) is 5.16 Å². The van der Waals surface area contributed by atoms with E-state index in [9.17, 15) is 0 Å². The summed E-state index contributed by atoms with van der Waals surface area (Å²) in [5.74, 6) is 0.396. The molecule has 2 N–H and O–H groups in total. The van der Waals surface area contributed by atoms with Gasteiger partial charge in [-0.15, -0.1) is 0 Å².